The molecule has 1 fully saturated rings. The van der Waals surface area contributed by atoms with Crippen LogP contribution in [0.2, 0.25) is 0 Å². The SMILES string of the molecule is O=c1[nH]c2ccc(O)c(-c3ccc(CN4CCC(O)C4)c(F)c3)c2c2ccsc12. The number of aromatic nitrogens is 1. The van der Waals surface area contributed by atoms with Gasteiger partial charge in [0.25, 0.3) is 5.56 Å². The number of hydrogen-bond acceptors (Lipinski definition) is 5. The quantitative estimate of drug-likeness (QED) is 0.480. The fourth-order valence-electron chi connectivity index (χ4n) is 4.16. The molecule has 5 rings (SSSR count). The van der Waals surface area contributed by atoms with Crippen LogP contribution in [0.25, 0.3) is 32.1 Å². The van der Waals surface area contributed by atoms with Crippen LogP contribution in [0.1, 0.15) is 12.0 Å². The number of phenols is 1. The first-order valence-electron chi connectivity index (χ1n) is 9.45. The first-order valence-corrected chi connectivity index (χ1v) is 10.3. The molecule has 1 saturated heterocycles. The Balaban J connectivity index is 1.64. The zero-order valence-electron chi connectivity index (χ0n) is 15.5. The average molecular weight is 410 g/mol. The van der Waals surface area contributed by atoms with Gasteiger partial charge in [-0.1, -0.05) is 12.1 Å². The second kappa shape index (κ2) is 6.95. The van der Waals surface area contributed by atoms with Crippen molar-refractivity contribution in [3.8, 4) is 16.9 Å². The minimum absolute atomic E-state index is 0.0341. The number of fused-ring (bicyclic) bond motifs is 3. The van der Waals surface area contributed by atoms with E-state index in [4.69, 9.17) is 0 Å². The summed E-state index contributed by atoms with van der Waals surface area (Å²) in [5.74, 6) is -0.321. The van der Waals surface area contributed by atoms with E-state index in [1.807, 2.05) is 16.3 Å². The minimum atomic E-state index is -0.355. The van der Waals surface area contributed by atoms with Crippen LogP contribution >= 0.6 is 11.3 Å². The highest BCUT2D eigenvalue weighted by Crippen LogP contribution is 2.40. The maximum absolute atomic E-state index is 14.9. The van der Waals surface area contributed by atoms with E-state index in [0.29, 0.717) is 51.8 Å². The number of nitrogens with zero attached hydrogens (tertiary/aromatic N) is 1. The fraction of sp³-hybridized carbons (Fsp3) is 0.227. The Kier molecular flexibility index (Phi) is 4.38. The standard InChI is InChI=1S/C22H19FN2O3S/c23-16-9-12(1-2-13(16)10-25-7-5-14(26)11-25)19-18(27)4-3-17-20(19)15-6-8-29-21(15)22(28)24-17/h1-4,6,8-9,14,26-27H,5,7,10-11H2,(H,24,28). The van der Waals surface area contributed by atoms with Gasteiger partial charge >= 0.3 is 0 Å². The minimum Gasteiger partial charge on any atom is -0.507 e. The molecule has 7 heteroatoms. The monoisotopic (exact) mass is 410 g/mol. The normalized spacial score (nSPS) is 17.5. The molecule has 5 nitrogen and oxygen atoms in total. The van der Waals surface area contributed by atoms with E-state index in [2.05, 4.69) is 4.98 Å². The van der Waals surface area contributed by atoms with Gasteiger partial charge in [-0.15, -0.1) is 11.3 Å². The van der Waals surface area contributed by atoms with E-state index in [0.717, 1.165) is 11.9 Å². The highest BCUT2D eigenvalue weighted by atomic mass is 32.1. The van der Waals surface area contributed by atoms with Crippen molar-refractivity contribution in [3.05, 3.63) is 63.5 Å². The van der Waals surface area contributed by atoms with E-state index in [1.165, 1.54) is 23.5 Å². The molecule has 1 aliphatic heterocycles. The van der Waals surface area contributed by atoms with Crippen LogP contribution < -0.4 is 5.56 Å². The van der Waals surface area contributed by atoms with Crippen molar-refractivity contribution in [2.45, 2.75) is 19.1 Å². The molecule has 1 unspecified atom stereocenters. The van der Waals surface area contributed by atoms with Crippen molar-refractivity contribution in [1.29, 1.82) is 0 Å². The molecule has 0 radical (unpaired) electrons. The van der Waals surface area contributed by atoms with Crippen LogP contribution in [0, 0.1) is 5.82 Å². The Labute approximate surface area is 169 Å². The van der Waals surface area contributed by atoms with Crippen LogP contribution in [0.3, 0.4) is 0 Å². The van der Waals surface area contributed by atoms with Gasteiger partial charge in [0.1, 0.15) is 16.3 Å². The number of benzene rings is 2. The molecular weight excluding hydrogens is 391 g/mol. The molecule has 0 amide bonds. The summed E-state index contributed by atoms with van der Waals surface area (Å²) in [6.07, 6.45) is 0.360. The van der Waals surface area contributed by atoms with Crippen molar-refractivity contribution in [3.63, 3.8) is 0 Å². The third-order valence-electron chi connectivity index (χ3n) is 5.56. The van der Waals surface area contributed by atoms with Crippen molar-refractivity contribution >= 4 is 32.3 Å². The van der Waals surface area contributed by atoms with E-state index in [-0.39, 0.29) is 23.2 Å². The smallest absolute Gasteiger partial charge is 0.266 e. The number of aromatic amines is 1. The molecular formula is C22H19FN2O3S. The molecule has 4 aromatic rings. The Morgan fingerprint density at radius 1 is 1.24 bits per heavy atom. The largest absolute Gasteiger partial charge is 0.507 e. The van der Waals surface area contributed by atoms with Crippen molar-refractivity contribution in [2.24, 2.45) is 0 Å². The Bertz CT molecular complexity index is 1300. The second-order valence-electron chi connectivity index (χ2n) is 7.48. The molecule has 1 aliphatic rings. The number of aromatic hydroxyl groups is 1. The van der Waals surface area contributed by atoms with E-state index in [9.17, 15) is 19.4 Å². The molecule has 1 atom stereocenters. The lowest BCUT2D eigenvalue weighted by atomic mass is 9.96. The lowest BCUT2D eigenvalue weighted by molar-refractivity contribution is 0.174. The van der Waals surface area contributed by atoms with Gasteiger partial charge in [0.15, 0.2) is 0 Å². The molecule has 0 bridgehead atoms. The number of nitrogens with one attached hydrogen (secondary N) is 1. The van der Waals surface area contributed by atoms with Gasteiger partial charge in [0.05, 0.1) is 6.10 Å². The van der Waals surface area contributed by atoms with Crippen LogP contribution in [0.5, 0.6) is 5.75 Å². The molecule has 148 valence electrons. The molecule has 0 spiro atoms. The number of rotatable bonds is 3. The maximum Gasteiger partial charge on any atom is 0.266 e. The molecule has 0 aliphatic carbocycles. The zero-order valence-corrected chi connectivity index (χ0v) is 16.3. The van der Waals surface area contributed by atoms with Gasteiger partial charge in [-0.3, -0.25) is 9.69 Å². The number of aliphatic hydroxyl groups is 1. The molecule has 2 aromatic heterocycles. The van der Waals surface area contributed by atoms with Crippen LogP contribution in [-0.2, 0) is 6.54 Å². The molecule has 29 heavy (non-hydrogen) atoms. The summed E-state index contributed by atoms with van der Waals surface area (Å²) in [4.78, 5) is 17.2. The lowest BCUT2D eigenvalue weighted by Gasteiger charge is -2.16. The summed E-state index contributed by atoms with van der Waals surface area (Å²) >= 11 is 1.34. The highest BCUT2D eigenvalue weighted by Gasteiger charge is 2.22. The van der Waals surface area contributed by atoms with Crippen LogP contribution in [-0.4, -0.2) is 39.3 Å². The maximum atomic E-state index is 14.9. The van der Waals surface area contributed by atoms with Crippen molar-refractivity contribution < 1.29 is 14.6 Å². The lowest BCUT2D eigenvalue weighted by Crippen LogP contribution is -2.22. The summed E-state index contributed by atoms with van der Waals surface area (Å²) in [7, 11) is 0. The predicted octanol–water partition coefficient (Wildman–Crippen LogP) is 3.82. The first kappa shape index (κ1) is 18.3. The zero-order chi connectivity index (χ0) is 20.1. The van der Waals surface area contributed by atoms with Crippen molar-refractivity contribution in [2.75, 3.05) is 13.1 Å². The number of aliphatic hydroxyl groups excluding tert-OH is 1. The average Bonchev–Trinajstić information content (AvgIpc) is 3.34. The predicted molar refractivity (Wildman–Crippen MR) is 113 cm³/mol. The summed E-state index contributed by atoms with van der Waals surface area (Å²) in [5.41, 5.74) is 2.04. The highest BCUT2D eigenvalue weighted by molar-refractivity contribution is 7.17. The number of β-amino-alcohol motifs (C(OH)–C–C–N with tert-alkyl or cyclic N) is 1. The van der Waals surface area contributed by atoms with Gasteiger partial charge in [-0.25, -0.2) is 4.39 Å². The Morgan fingerprint density at radius 2 is 2.10 bits per heavy atom. The Morgan fingerprint density at radius 3 is 2.86 bits per heavy atom. The third-order valence-corrected chi connectivity index (χ3v) is 6.47. The third kappa shape index (κ3) is 3.11. The molecule has 3 heterocycles. The van der Waals surface area contributed by atoms with E-state index < -0.39 is 0 Å². The number of pyridine rings is 1. The van der Waals surface area contributed by atoms with Gasteiger partial charge in [-0.2, -0.15) is 0 Å². The number of phenolic OH excluding ortho intramolecular Hbond substituents is 1. The second-order valence-corrected chi connectivity index (χ2v) is 8.40. The summed E-state index contributed by atoms with van der Waals surface area (Å²) in [6.45, 7) is 1.73. The molecule has 0 saturated carbocycles. The van der Waals surface area contributed by atoms with Crippen molar-refractivity contribution in [1.82, 2.24) is 9.88 Å². The summed E-state index contributed by atoms with van der Waals surface area (Å²) < 4.78 is 15.5. The van der Waals surface area contributed by atoms with E-state index in [1.54, 1.807) is 18.2 Å². The van der Waals surface area contributed by atoms with E-state index >= 15 is 0 Å². The molecule has 3 N–H and O–H groups in total. The number of halogens is 1. The van der Waals surface area contributed by atoms with Gasteiger partial charge < -0.3 is 15.2 Å². The topological polar surface area (TPSA) is 76.6 Å². The Hall–Kier alpha value is -2.74. The number of likely N-dealkylation sites (tertiary alicyclic amines) is 1. The summed E-state index contributed by atoms with van der Waals surface area (Å²) in [5, 5.41) is 23.6. The number of hydrogen-bond donors (Lipinski definition) is 3. The van der Waals surface area contributed by atoms with Crippen LogP contribution in [0.4, 0.5) is 4.39 Å². The molecule has 2 aromatic carbocycles. The van der Waals surface area contributed by atoms with Gasteiger partial charge in [0.2, 0.25) is 0 Å². The number of thiophene rings is 1. The number of H-pyrrole nitrogens is 1. The fourth-order valence-corrected chi connectivity index (χ4v) is 4.95. The van der Waals surface area contributed by atoms with Gasteiger partial charge in [0, 0.05) is 47.1 Å². The van der Waals surface area contributed by atoms with Crippen LogP contribution in [0.15, 0.2) is 46.6 Å². The van der Waals surface area contributed by atoms with Gasteiger partial charge in [-0.05, 0) is 41.6 Å². The first-order chi connectivity index (χ1) is 14.0. The summed E-state index contributed by atoms with van der Waals surface area (Å²) in [6, 6.07) is 9.98.